The van der Waals surface area contributed by atoms with Crippen molar-refractivity contribution in [1.29, 1.82) is 0 Å². The molecule has 3 aromatic rings. The van der Waals surface area contributed by atoms with Gasteiger partial charge in [-0.3, -0.25) is 14.2 Å². The summed E-state index contributed by atoms with van der Waals surface area (Å²) >= 11 is 0. The summed E-state index contributed by atoms with van der Waals surface area (Å²) < 4.78 is 9.27. The highest BCUT2D eigenvalue weighted by Gasteiger charge is 2.24. The largest absolute Gasteiger partial charge is 0.468 e. The van der Waals surface area contributed by atoms with E-state index in [9.17, 15) is 9.59 Å². The van der Waals surface area contributed by atoms with Gasteiger partial charge in [0.25, 0.3) is 11.1 Å². The van der Waals surface area contributed by atoms with Gasteiger partial charge in [0.15, 0.2) is 12.5 Å². The third-order valence-electron chi connectivity index (χ3n) is 4.62. The van der Waals surface area contributed by atoms with Crippen LogP contribution in [-0.2, 0) is 13.3 Å². The minimum absolute atomic E-state index is 0.0236. The van der Waals surface area contributed by atoms with Gasteiger partial charge in [0.2, 0.25) is 0 Å². The molecular formula is C18H18N2O3. The van der Waals surface area contributed by atoms with Crippen molar-refractivity contribution in [2.24, 2.45) is 0 Å². The molecule has 4 rings (SSSR count). The SMILES string of the molecule is CCCn1c(=O)cc(C)c2cc3c(C)cc(=O)n4c3c(c21)OC4. The molecule has 1 aliphatic rings. The smallest absolute Gasteiger partial charge is 0.254 e. The van der Waals surface area contributed by atoms with Gasteiger partial charge < -0.3 is 9.30 Å². The maximum atomic E-state index is 12.4. The topological polar surface area (TPSA) is 53.2 Å². The van der Waals surface area contributed by atoms with Crippen LogP contribution in [0.2, 0.25) is 0 Å². The molecular weight excluding hydrogens is 292 g/mol. The highest BCUT2D eigenvalue weighted by atomic mass is 16.5. The monoisotopic (exact) mass is 310 g/mol. The van der Waals surface area contributed by atoms with Gasteiger partial charge in [0.1, 0.15) is 0 Å². The fourth-order valence-corrected chi connectivity index (χ4v) is 3.52. The number of rotatable bonds is 2. The molecule has 5 nitrogen and oxygen atoms in total. The second-order valence-corrected chi connectivity index (χ2v) is 6.18. The van der Waals surface area contributed by atoms with Crippen LogP contribution < -0.4 is 15.9 Å². The number of ether oxygens (including phenoxy) is 1. The number of pyridine rings is 2. The van der Waals surface area contributed by atoms with E-state index in [0.29, 0.717) is 12.3 Å². The molecule has 0 radical (unpaired) electrons. The first-order valence-corrected chi connectivity index (χ1v) is 7.87. The summed E-state index contributed by atoms with van der Waals surface area (Å²) in [5, 5.41) is 2.02. The summed E-state index contributed by atoms with van der Waals surface area (Å²) in [6.07, 6.45) is 0.857. The van der Waals surface area contributed by atoms with E-state index in [1.165, 1.54) is 0 Å². The molecule has 0 aliphatic carbocycles. The molecule has 0 amide bonds. The Labute approximate surface area is 132 Å². The molecule has 3 heterocycles. The summed E-state index contributed by atoms with van der Waals surface area (Å²) in [6, 6.07) is 5.40. The summed E-state index contributed by atoms with van der Waals surface area (Å²) in [6.45, 7) is 6.76. The molecule has 0 saturated heterocycles. The van der Waals surface area contributed by atoms with Gasteiger partial charge in [-0.05, 0) is 37.5 Å². The summed E-state index contributed by atoms with van der Waals surface area (Å²) in [5.41, 5.74) is 3.39. The van der Waals surface area contributed by atoms with Gasteiger partial charge in [0.05, 0.1) is 11.0 Å². The van der Waals surface area contributed by atoms with E-state index < -0.39 is 0 Å². The van der Waals surface area contributed by atoms with Crippen molar-refractivity contribution in [2.45, 2.75) is 40.5 Å². The van der Waals surface area contributed by atoms with E-state index in [4.69, 9.17) is 4.74 Å². The molecule has 0 bridgehead atoms. The number of nitrogens with zero attached hydrogens (tertiary/aromatic N) is 2. The second-order valence-electron chi connectivity index (χ2n) is 6.18. The molecule has 5 heteroatoms. The Morgan fingerprint density at radius 1 is 1.00 bits per heavy atom. The summed E-state index contributed by atoms with van der Waals surface area (Å²) in [7, 11) is 0. The van der Waals surface area contributed by atoms with E-state index in [1.807, 2.05) is 20.8 Å². The zero-order chi connectivity index (χ0) is 16.3. The van der Waals surface area contributed by atoms with E-state index >= 15 is 0 Å². The average Bonchev–Trinajstić information content (AvgIpc) is 2.94. The van der Waals surface area contributed by atoms with Crippen molar-refractivity contribution in [1.82, 2.24) is 9.13 Å². The molecule has 1 aromatic carbocycles. The first-order chi connectivity index (χ1) is 11.0. The lowest BCUT2D eigenvalue weighted by Crippen LogP contribution is -2.20. The Kier molecular flexibility index (Phi) is 2.88. The molecule has 0 N–H and O–H groups in total. The fourth-order valence-electron chi connectivity index (χ4n) is 3.52. The van der Waals surface area contributed by atoms with Crippen molar-refractivity contribution in [3.05, 3.63) is 50.0 Å². The average molecular weight is 310 g/mol. The predicted octanol–water partition coefficient (Wildman–Crippen LogP) is 2.69. The minimum atomic E-state index is -0.0647. The first-order valence-electron chi connectivity index (χ1n) is 7.87. The fraction of sp³-hybridized carbons (Fsp3) is 0.333. The first kappa shape index (κ1) is 14.1. The van der Waals surface area contributed by atoms with Crippen molar-refractivity contribution in [2.75, 3.05) is 0 Å². The minimum Gasteiger partial charge on any atom is -0.468 e. The maximum absolute atomic E-state index is 12.4. The quantitative estimate of drug-likeness (QED) is 0.684. The number of fused-ring (bicyclic) bond motifs is 2. The standard InChI is InChI=1S/C18H18N2O3/c1-4-5-19-14(21)6-10(2)12-8-13-11(3)7-15(22)20-9-23-18(16(12)19)17(13)20/h6-8H,4-5,9H2,1-3H3. The zero-order valence-corrected chi connectivity index (χ0v) is 13.5. The third kappa shape index (κ3) is 1.79. The van der Waals surface area contributed by atoms with Crippen molar-refractivity contribution in [3.63, 3.8) is 0 Å². The van der Waals surface area contributed by atoms with Gasteiger partial charge in [-0.2, -0.15) is 0 Å². The van der Waals surface area contributed by atoms with Crippen LogP contribution >= 0.6 is 0 Å². The van der Waals surface area contributed by atoms with Crippen LogP contribution in [-0.4, -0.2) is 9.13 Å². The number of aryl methyl sites for hydroxylation is 3. The molecule has 23 heavy (non-hydrogen) atoms. The molecule has 0 spiro atoms. The molecule has 0 fully saturated rings. The molecule has 2 aromatic heterocycles. The number of hydrogen-bond donors (Lipinski definition) is 0. The van der Waals surface area contributed by atoms with Gasteiger partial charge in [-0.25, -0.2) is 0 Å². The number of benzene rings is 1. The van der Waals surface area contributed by atoms with E-state index in [-0.39, 0.29) is 17.8 Å². The lowest BCUT2D eigenvalue weighted by molar-refractivity contribution is 0.268. The predicted molar refractivity (Wildman–Crippen MR) is 90.4 cm³/mol. The van der Waals surface area contributed by atoms with Gasteiger partial charge in [0, 0.05) is 29.4 Å². The van der Waals surface area contributed by atoms with Crippen molar-refractivity contribution < 1.29 is 4.74 Å². The maximum Gasteiger partial charge on any atom is 0.254 e. The Morgan fingerprint density at radius 2 is 1.65 bits per heavy atom. The molecule has 1 aliphatic heterocycles. The van der Waals surface area contributed by atoms with Crippen LogP contribution in [0.1, 0.15) is 24.5 Å². The highest BCUT2D eigenvalue weighted by Crippen LogP contribution is 2.39. The highest BCUT2D eigenvalue weighted by molar-refractivity contribution is 6.05. The van der Waals surface area contributed by atoms with Crippen LogP contribution in [0.5, 0.6) is 5.75 Å². The Balaban J connectivity index is 2.32. The van der Waals surface area contributed by atoms with Gasteiger partial charge in [-0.15, -0.1) is 0 Å². The van der Waals surface area contributed by atoms with Crippen molar-refractivity contribution >= 4 is 21.8 Å². The van der Waals surface area contributed by atoms with Crippen LogP contribution in [0.3, 0.4) is 0 Å². The van der Waals surface area contributed by atoms with Crippen LogP contribution in [0.25, 0.3) is 21.8 Å². The molecule has 0 unspecified atom stereocenters. The Hall–Kier alpha value is -2.56. The molecule has 118 valence electrons. The number of hydrogen-bond acceptors (Lipinski definition) is 3. The third-order valence-corrected chi connectivity index (χ3v) is 4.62. The lowest BCUT2D eigenvalue weighted by Gasteiger charge is -2.14. The van der Waals surface area contributed by atoms with Crippen LogP contribution in [0.15, 0.2) is 27.8 Å². The normalized spacial score (nSPS) is 13.0. The van der Waals surface area contributed by atoms with Crippen LogP contribution in [0, 0.1) is 13.8 Å². The van der Waals surface area contributed by atoms with E-state index in [0.717, 1.165) is 39.4 Å². The lowest BCUT2D eigenvalue weighted by atomic mass is 10.0. The zero-order valence-electron chi connectivity index (χ0n) is 13.5. The Bertz CT molecular complexity index is 1090. The van der Waals surface area contributed by atoms with Crippen molar-refractivity contribution in [3.8, 4) is 5.75 Å². The van der Waals surface area contributed by atoms with Crippen LogP contribution in [0.4, 0.5) is 0 Å². The Morgan fingerprint density at radius 3 is 2.35 bits per heavy atom. The van der Waals surface area contributed by atoms with Gasteiger partial charge in [-0.1, -0.05) is 6.92 Å². The second kappa shape index (κ2) is 4.72. The number of aromatic nitrogens is 2. The molecule has 0 atom stereocenters. The van der Waals surface area contributed by atoms with E-state index in [2.05, 4.69) is 6.07 Å². The van der Waals surface area contributed by atoms with Gasteiger partial charge >= 0.3 is 0 Å². The van der Waals surface area contributed by atoms with E-state index in [1.54, 1.807) is 21.3 Å². The summed E-state index contributed by atoms with van der Waals surface area (Å²) in [5.74, 6) is 0.660. The summed E-state index contributed by atoms with van der Waals surface area (Å²) in [4.78, 5) is 24.7. The molecule has 0 saturated carbocycles.